The Balaban J connectivity index is 1.89. The number of aromatic hydroxyl groups is 1. The molecule has 0 aliphatic rings. The molecule has 3 aromatic rings. The molecule has 0 saturated heterocycles. The van der Waals surface area contributed by atoms with Crippen LogP contribution in [0.4, 0.5) is 27.7 Å². The van der Waals surface area contributed by atoms with E-state index in [-0.39, 0.29) is 17.1 Å². The Kier molecular flexibility index (Phi) is 6.21. The van der Waals surface area contributed by atoms with Crippen molar-refractivity contribution in [1.82, 2.24) is 15.3 Å². The Morgan fingerprint density at radius 3 is 2.52 bits per heavy atom. The molecule has 9 heteroatoms. The van der Waals surface area contributed by atoms with Crippen LogP contribution in [-0.2, 0) is 0 Å². The number of nitrogens with one attached hydrogen (secondary N) is 4. The van der Waals surface area contributed by atoms with Gasteiger partial charge in [0.15, 0.2) is 0 Å². The number of carbonyl (C=O) groups excluding carboxylic acids is 2. The van der Waals surface area contributed by atoms with E-state index in [1.54, 1.807) is 43.5 Å². The zero-order valence-corrected chi connectivity index (χ0v) is 15.6. The van der Waals surface area contributed by atoms with Crippen LogP contribution in [-0.4, -0.2) is 33.6 Å². The third-order valence-corrected chi connectivity index (χ3v) is 3.79. The van der Waals surface area contributed by atoms with Crippen LogP contribution in [0.1, 0.15) is 17.3 Å². The lowest BCUT2D eigenvalue weighted by Gasteiger charge is -2.14. The molecule has 1 aromatic carbocycles. The summed E-state index contributed by atoms with van der Waals surface area (Å²) in [6.07, 6.45) is 4.51. The molecule has 0 fully saturated rings. The van der Waals surface area contributed by atoms with Crippen molar-refractivity contribution in [2.45, 2.75) is 6.92 Å². The molecule has 148 valence electrons. The maximum atomic E-state index is 12.8. The van der Waals surface area contributed by atoms with E-state index < -0.39 is 11.9 Å². The maximum Gasteiger partial charge on any atom is 0.320 e. The zero-order valence-electron chi connectivity index (χ0n) is 15.6. The highest BCUT2D eigenvalue weighted by Crippen LogP contribution is 2.25. The van der Waals surface area contributed by atoms with Crippen LogP contribution in [0.2, 0.25) is 0 Å². The molecule has 0 bridgehead atoms. The quantitative estimate of drug-likeness (QED) is 0.409. The predicted molar refractivity (Wildman–Crippen MR) is 111 cm³/mol. The lowest BCUT2D eigenvalue weighted by molar-refractivity contribution is 0.102. The van der Waals surface area contributed by atoms with E-state index in [4.69, 9.17) is 0 Å². The summed E-state index contributed by atoms with van der Waals surface area (Å²) in [6, 6.07) is 11.0. The lowest BCUT2D eigenvalue weighted by atomic mass is 10.2. The van der Waals surface area contributed by atoms with E-state index in [0.717, 1.165) is 0 Å². The number of phenols is 1. The number of aromatic nitrogens is 2. The molecule has 29 heavy (non-hydrogen) atoms. The second-order valence-corrected chi connectivity index (χ2v) is 5.97. The summed E-state index contributed by atoms with van der Waals surface area (Å²) in [5.41, 5.74) is 1.88. The first-order chi connectivity index (χ1) is 14.0. The lowest BCUT2D eigenvalue weighted by Crippen LogP contribution is -2.28. The van der Waals surface area contributed by atoms with Crippen LogP contribution >= 0.6 is 0 Å². The summed E-state index contributed by atoms with van der Waals surface area (Å²) in [4.78, 5) is 32.7. The Bertz CT molecular complexity index is 993. The normalized spacial score (nSPS) is 10.1. The van der Waals surface area contributed by atoms with E-state index in [9.17, 15) is 14.7 Å². The van der Waals surface area contributed by atoms with Gasteiger partial charge in [0.05, 0.1) is 23.1 Å². The van der Waals surface area contributed by atoms with Gasteiger partial charge in [-0.05, 0) is 43.3 Å². The highest BCUT2D eigenvalue weighted by atomic mass is 16.3. The van der Waals surface area contributed by atoms with Crippen LogP contribution in [0, 0.1) is 0 Å². The Morgan fingerprint density at radius 2 is 1.83 bits per heavy atom. The van der Waals surface area contributed by atoms with Crippen molar-refractivity contribution in [2.24, 2.45) is 0 Å². The molecule has 0 saturated carbocycles. The van der Waals surface area contributed by atoms with Gasteiger partial charge < -0.3 is 21.1 Å². The van der Waals surface area contributed by atoms with Crippen molar-refractivity contribution in [1.29, 1.82) is 0 Å². The molecule has 0 atom stereocenters. The first kappa shape index (κ1) is 19.6. The molecular weight excluding hydrogens is 372 g/mol. The molecule has 3 rings (SSSR count). The number of rotatable bonds is 6. The van der Waals surface area contributed by atoms with Crippen molar-refractivity contribution in [3.05, 3.63) is 66.6 Å². The van der Waals surface area contributed by atoms with E-state index in [1.165, 1.54) is 24.5 Å². The first-order valence-electron chi connectivity index (χ1n) is 8.87. The molecule has 2 aromatic heterocycles. The number of carbonyl (C=O) groups is 2. The highest BCUT2D eigenvalue weighted by molar-refractivity contribution is 6.08. The first-order valence-corrected chi connectivity index (χ1v) is 8.87. The molecule has 0 radical (unpaired) electrons. The molecule has 0 aliphatic heterocycles. The highest BCUT2D eigenvalue weighted by Gasteiger charge is 2.15. The van der Waals surface area contributed by atoms with Gasteiger partial charge in [-0.3, -0.25) is 15.1 Å². The number of hydrogen-bond donors (Lipinski definition) is 5. The summed E-state index contributed by atoms with van der Waals surface area (Å²) in [7, 11) is 0. The van der Waals surface area contributed by atoms with Gasteiger partial charge in [-0.1, -0.05) is 0 Å². The van der Waals surface area contributed by atoms with Crippen LogP contribution in [0.15, 0.2) is 61.1 Å². The summed E-state index contributed by atoms with van der Waals surface area (Å²) in [6.45, 7) is 2.27. The fourth-order valence-corrected chi connectivity index (χ4v) is 2.46. The monoisotopic (exact) mass is 392 g/mol. The molecular formula is C20H20N6O3. The number of benzene rings is 1. The van der Waals surface area contributed by atoms with Crippen LogP contribution < -0.4 is 21.3 Å². The van der Waals surface area contributed by atoms with Gasteiger partial charge in [0.25, 0.3) is 5.91 Å². The Morgan fingerprint density at radius 1 is 1.03 bits per heavy atom. The van der Waals surface area contributed by atoms with Gasteiger partial charge in [-0.2, -0.15) is 0 Å². The molecule has 3 amide bonds. The number of phenolic OH excluding ortho intramolecular Hbond substituents is 1. The molecule has 0 unspecified atom stereocenters. The molecule has 0 aliphatic carbocycles. The predicted octanol–water partition coefficient (Wildman–Crippen LogP) is 3.32. The minimum absolute atomic E-state index is 0.124. The second-order valence-electron chi connectivity index (χ2n) is 5.97. The zero-order chi connectivity index (χ0) is 20.6. The maximum absolute atomic E-state index is 12.8. The van der Waals surface area contributed by atoms with E-state index in [0.29, 0.717) is 23.6 Å². The van der Waals surface area contributed by atoms with Crippen LogP contribution in [0.25, 0.3) is 0 Å². The van der Waals surface area contributed by atoms with E-state index in [2.05, 4.69) is 31.2 Å². The third kappa shape index (κ3) is 5.42. The smallest absolute Gasteiger partial charge is 0.320 e. The minimum Gasteiger partial charge on any atom is -0.508 e. The minimum atomic E-state index is -0.400. The standard InChI is InChI=1S/C20H20N6O3/c1-2-22-20(29)26-18-10-17(24-13-5-7-15(27)8-6-13)16(12-23-18)19(28)25-14-4-3-9-21-11-14/h3-12,27H,2H2,1H3,(H,25,28)(H3,22,23,24,26,29). The summed E-state index contributed by atoms with van der Waals surface area (Å²) in [5, 5.41) is 20.6. The van der Waals surface area contributed by atoms with Crippen molar-refractivity contribution < 1.29 is 14.7 Å². The Labute approximate surface area is 167 Å². The summed E-state index contributed by atoms with van der Waals surface area (Å²) >= 11 is 0. The van der Waals surface area contributed by atoms with Gasteiger partial charge in [-0.15, -0.1) is 0 Å². The van der Waals surface area contributed by atoms with Gasteiger partial charge in [-0.25, -0.2) is 9.78 Å². The number of amides is 3. The van der Waals surface area contributed by atoms with Crippen molar-refractivity contribution in [3.63, 3.8) is 0 Å². The Hall–Kier alpha value is -4.14. The number of nitrogens with zero attached hydrogens (tertiary/aromatic N) is 2. The number of hydrogen-bond acceptors (Lipinski definition) is 6. The van der Waals surface area contributed by atoms with Crippen LogP contribution in [0.5, 0.6) is 5.75 Å². The van der Waals surface area contributed by atoms with Crippen LogP contribution in [0.3, 0.4) is 0 Å². The molecule has 0 spiro atoms. The largest absolute Gasteiger partial charge is 0.508 e. The molecule has 9 nitrogen and oxygen atoms in total. The van der Waals surface area contributed by atoms with Gasteiger partial charge in [0, 0.05) is 30.7 Å². The topological polar surface area (TPSA) is 128 Å². The number of urea groups is 1. The summed E-state index contributed by atoms with van der Waals surface area (Å²) in [5.74, 6) is 0.00455. The van der Waals surface area contributed by atoms with Crippen molar-refractivity contribution in [2.75, 3.05) is 22.5 Å². The van der Waals surface area contributed by atoms with Crippen molar-refractivity contribution >= 4 is 34.8 Å². The molecule has 5 N–H and O–H groups in total. The van der Waals surface area contributed by atoms with E-state index >= 15 is 0 Å². The van der Waals surface area contributed by atoms with Gasteiger partial charge in [0.2, 0.25) is 0 Å². The van der Waals surface area contributed by atoms with Crippen molar-refractivity contribution in [3.8, 4) is 5.75 Å². The average Bonchev–Trinajstić information content (AvgIpc) is 2.71. The third-order valence-electron chi connectivity index (χ3n) is 3.79. The average molecular weight is 392 g/mol. The van der Waals surface area contributed by atoms with Gasteiger partial charge >= 0.3 is 6.03 Å². The fraction of sp³-hybridized carbons (Fsp3) is 0.100. The second kappa shape index (κ2) is 9.18. The van der Waals surface area contributed by atoms with E-state index in [1.807, 2.05) is 0 Å². The number of anilines is 4. The summed E-state index contributed by atoms with van der Waals surface area (Å²) < 4.78 is 0. The number of pyridine rings is 2. The van der Waals surface area contributed by atoms with Gasteiger partial charge in [0.1, 0.15) is 11.6 Å². The fourth-order valence-electron chi connectivity index (χ4n) is 2.46. The molecule has 2 heterocycles. The SMILES string of the molecule is CCNC(=O)Nc1cc(Nc2ccc(O)cc2)c(C(=O)Nc2cccnc2)cn1.